The Hall–Kier alpha value is -2.06. The van der Waals surface area contributed by atoms with E-state index in [0.29, 0.717) is 23.5 Å². The van der Waals surface area contributed by atoms with E-state index in [2.05, 4.69) is 21.2 Å². The highest BCUT2D eigenvalue weighted by molar-refractivity contribution is 9.10. The number of carbonyl (C=O) groups excluding carboxylic acids is 1. The number of nitrogens with one attached hydrogen (secondary N) is 1. The van der Waals surface area contributed by atoms with Crippen LogP contribution in [0.1, 0.15) is 13.3 Å². The van der Waals surface area contributed by atoms with Crippen molar-refractivity contribution >= 4 is 43.2 Å². The van der Waals surface area contributed by atoms with Gasteiger partial charge in [0.2, 0.25) is 10.0 Å². The molecular formula is C18H21BrN2O4S. The van der Waals surface area contributed by atoms with Gasteiger partial charge in [-0.2, -0.15) is 0 Å². The van der Waals surface area contributed by atoms with Crippen molar-refractivity contribution in [2.24, 2.45) is 0 Å². The number of anilines is 2. The maximum absolute atomic E-state index is 12.4. The Morgan fingerprint density at radius 3 is 2.23 bits per heavy atom. The Morgan fingerprint density at radius 1 is 1.15 bits per heavy atom. The fraction of sp³-hybridized carbons (Fsp3) is 0.278. The van der Waals surface area contributed by atoms with Crippen molar-refractivity contribution in [3.8, 4) is 5.75 Å². The van der Waals surface area contributed by atoms with Gasteiger partial charge in [0.15, 0.2) is 6.10 Å². The SMILES string of the molecule is CCC(Oc1ccc(N(C)S(C)(=O)=O)cc1)C(=O)Nc1ccc(Br)cc1. The van der Waals surface area contributed by atoms with E-state index in [1.54, 1.807) is 36.4 Å². The zero-order chi connectivity index (χ0) is 19.3. The molecule has 0 saturated heterocycles. The van der Waals surface area contributed by atoms with E-state index < -0.39 is 16.1 Å². The third-order valence-electron chi connectivity index (χ3n) is 3.75. The minimum absolute atomic E-state index is 0.243. The summed E-state index contributed by atoms with van der Waals surface area (Å²) in [5.74, 6) is 0.251. The standard InChI is InChI=1S/C18H21BrN2O4S/c1-4-17(18(22)20-14-7-5-13(19)6-8-14)25-16-11-9-15(10-12-16)21(2)26(3,23)24/h5-12,17H,4H2,1-3H3,(H,20,22). The van der Waals surface area contributed by atoms with Crippen molar-refractivity contribution in [3.63, 3.8) is 0 Å². The second-order valence-corrected chi connectivity index (χ2v) is 8.66. The molecule has 1 amide bonds. The van der Waals surface area contributed by atoms with Crippen LogP contribution in [0.15, 0.2) is 53.0 Å². The number of hydrogen-bond donors (Lipinski definition) is 1. The van der Waals surface area contributed by atoms with Gasteiger partial charge in [-0.25, -0.2) is 8.42 Å². The molecule has 0 aliphatic rings. The van der Waals surface area contributed by atoms with Crippen molar-refractivity contribution in [1.29, 1.82) is 0 Å². The van der Waals surface area contributed by atoms with Gasteiger partial charge < -0.3 is 10.1 Å². The number of sulfonamides is 1. The predicted octanol–water partition coefficient (Wildman–Crippen LogP) is 3.64. The second kappa shape index (κ2) is 8.55. The number of nitrogens with zero attached hydrogens (tertiary/aromatic N) is 1. The molecule has 2 aromatic rings. The van der Waals surface area contributed by atoms with Crippen molar-refractivity contribution in [1.82, 2.24) is 0 Å². The number of benzene rings is 2. The van der Waals surface area contributed by atoms with Crippen LogP contribution in [0.25, 0.3) is 0 Å². The summed E-state index contributed by atoms with van der Waals surface area (Å²) >= 11 is 3.35. The normalized spacial score (nSPS) is 12.3. The molecule has 0 fully saturated rings. The van der Waals surface area contributed by atoms with Gasteiger partial charge in [0.05, 0.1) is 11.9 Å². The molecule has 0 aromatic heterocycles. The lowest BCUT2D eigenvalue weighted by molar-refractivity contribution is -0.122. The predicted molar refractivity (Wildman–Crippen MR) is 107 cm³/mol. The molecule has 1 atom stereocenters. The fourth-order valence-corrected chi connectivity index (χ4v) is 2.94. The van der Waals surface area contributed by atoms with Gasteiger partial charge in [-0.05, 0) is 55.0 Å². The molecule has 0 aliphatic heterocycles. The number of halogens is 1. The first-order valence-corrected chi connectivity index (χ1v) is 10.6. The van der Waals surface area contributed by atoms with E-state index in [-0.39, 0.29) is 5.91 Å². The first-order chi connectivity index (χ1) is 12.2. The fourth-order valence-electron chi connectivity index (χ4n) is 2.17. The van der Waals surface area contributed by atoms with Crippen molar-refractivity contribution in [2.45, 2.75) is 19.4 Å². The molecule has 6 nitrogen and oxygen atoms in total. The van der Waals surface area contributed by atoms with Crippen LogP contribution in [0.2, 0.25) is 0 Å². The average molecular weight is 441 g/mol. The zero-order valence-corrected chi connectivity index (χ0v) is 17.2. The quantitative estimate of drug-likeness (QED) is 0.712. The van der Waals surface area contributed by atoms with Gasteiger partial charge >= 0.3 is 0 Å². The number of ether oxygens (including phenoxy) is 1. The Balaban J connectivity index is 2.04. The van der Waals surface area contributed by atoms with Crippen molar-refractivity contribution < 1.29 is 17.9 Å². The number of carbonyl (C=O) groups is 1. The number of amides is 1. The highest BCUT2D eigenvalue weighted by atomic mass is 79.9. The Bertz CT molecular complexity index is 852. The van der Waals surface area contributed by atoms with E-state index in [4.69, 9.17) is 4.74 Å². The van der Waals surface area contributed by atoms with Gasteiger partial charge in [0, 0.05) is 17.2 Å². The van der Waals surface area contributed by atoms with Crippen LogP contribution in [0.4, 0.5) is 11.4 Å². The van der Waals surface area contributed by atoms with Crippen LogP contribution in [0, 0.1) is 0 Å². The molecule has 0 aliphatic carbocycles. The molecular weight excluding hydrogens is 420 g/mol. The molecule has 1 unspecified atom stereocenters. The second-order valence-electron chi connectivity index (χ2n) is 5.74. The van der Waals surface area contributed by atoms with Crippen LogP contribution < -0.4 is 14.4 Å². The summed E-state index contributed by atoms with van der Waals surface area (Å²) < 4.78 is 31.0. The van der Waals surface area contributed by atoms with Crippen molar-refractivity contribution in [2.75, 3.05) is 22.9 Å². The highest BCUT2D eigenvalue weighted by Gasteiger charge is 2.19. The molecule has 0 spiro atoms. The van der Waals surface area contributed by atoms with Gasteiger partial charge in [-0.1, -0.05) is 22.9 Å². The summed E-state index contributed by atoms with van der Waals surface area (Å²) in [4.78, 5) is 12.4. The molecule has 140 valence electrons. The topological polar surface area (TPSA) is 75.7 Å². The van der Waals surface area contributed by atoms with Crippen molar-refractivity contribution in [3.05, 3.63) is 53.0 Å². The average Bonchev–Trinajstić information content (AvgIpc) is 2.60. The Labute approximate surface area is 162 Å². The Kier molecular flexibility index (Phi) is 6.66. The number of hydrogen-bond acceptors (Lipinski definition) is 4. The van der Waals surface area contributed by atoms with Crippen LogP contribution >= 0.6 is 15.9 Å². The third kappa shape index (κ3) is 5.47. The zero-order valence-electron chi connectivity index (χ0n) is 14.8. The summed E-state index contributed by atoms with van der Waals surface area (Å²) in [6.45, 7) is 1.86. The lowest BCUT2D eigenvalue weighted by Crippen LogP contribution is -2.32. The summed E-state index contributed by atoms with van der Waals surface area (Å²) in [7, 11) is -1.84. The monoisotopic (exact) mass is 440 g/mol. The summed E-state index contributed by atoms with van der Waals surface area (Å²) in [5.41, 5.74) is 1.21. The molecule has 1 N–H and O–H groups in total. The molecule has 2 aromatic carbocycles. The number of rotatable bonds is 7. The Morgan fingerprint density at radius 2 is 1.73 bits per heavy atom. The lowest BCUT2D eigenvalue weighted by Gasteiger charge is -2.19. The summed E-state index contributed by atoms with van der Waals surface area (Å²) in [6, 6.07) is 13.8. The van der Waals surface area contributed by atoms with E-state index in [1.165, 1.54) is 11.4 Å². The summed E-state index contributed by atoms with van der Waals surface area (Å²) in [6.07, 6.45) is 0.974. The van der Waals surface area contributed by atoms with Gasteiger partial charge in [0.1, 0.15) is 5.75 Å². The molecule has 0 bridgehead atoms. The first-order valence-electron chi connectivity index (χ1n) is 7.97. The van der Waals surface area contributed by atoms with E-state index in [0.717, 1.165) is 10.7 Å². The highest BCUT2D eigenvalue weighted by Crippen LogP contribution is 2.22. The van der Waals surface area contributed by atoms with Gasteiger partial charge in [-0.15, -0.1) is 0 Å². The molecule has 0 radical (unpaired) electrons. The molecule has 2 rings (SSSR count). The minimum Gasteiger partial charge on any atom is -0.481 e. The van der Waals surface area contributed by atoms with Gasteiger partial charge in [0.25, 0.3) is 5.91 Å². The minimum atomic E-state index is -3.32. The van der Waals surface area contributed by atoms with Crippen LogP contribution in [-0.4, -0.2) is 33.7 Å². The molecule has 8 heteroatoms. The van der Waals surface area contributed by atoms with Crippen LogP contribution in [0.5, 0.6) is 5.75 Å². The van der Waals surface area contributed by atoms with Crippen LogP contribution in [0.3, 0.4) is 0 Å². The maximum atomic E-state index is 12.4. The van der Waals surface area contributed by atoms with E-state index >= 15 is 0 Å². The summed E-state index contributed by atoms with van der Waals surface area (Å²) in [5, 5.41) is 2.82. The molecule has 26 heavy (non-hydrogen) atoms. The van der Waals surface area contributed by atoms with Crippen LogP contribution in [-0.2, 0) is 14.8 Å². The molecule has 0 saturated carbocycles. The maximum Gasteiger partial charge on any atom is 0.265 e. The third-order valence-corrected chi connectivity index (χ3v) is 5.49. The smallest absolute Gasteiger partial charge is 0.265 e. The van der Waals surface area contributed by atoms with E-state index in [9.17, 15) is 13.2 Å². The largest absolute Gasteiger partial charge is 0.481 e. The van der Waals surface area contributed by atoms with Gasteiger partial charge in [-0.3, -0.25) is 9.10 Å². The first kappa shape index (κ1) is 20.3. The lowest BCUT2D eigenvalue weighted by atomic mass is 10.2. The molecule has 0 heterocycles. The van der Waals surface area contributed by atoms with E-state index in [1.807, 2.05) is 19.1 Å².